The van der Waals surface area contributed by atoms with Crippen LogP contribution in [0.5, 0.6) is 0 Å². The topological polar surface area (TPSA) is 12.9 Å². The predicted molar refractivity (Wildman–Crippen MR) is 54.5 cm³/mol. The average Bonchev–Trinajstić information content (AvgIpc) is 2.21. The summed E-state index contributed by atoms with van der Waals surface area (Å²) in [7, 11) is 0. The summed E-state index contributed by atoms with van der Waals surface area (Å²) in [4.78, 5) is 3.97. The first kappa shape index (κ1) is 12.1. The van der Waals surface area contributed by atoms with Crippen LogP contribution in [0.15, 0.2) is 18.3 Å². The summed E-state index contributed by atoms with van der Waals surface area (Å²) in [6.07, 6.45) is 1.28. The number of aryl methyl sites for hydroxylation is 1. The Morgan fingerprint density at radius 3 is 2.38 bits per heavy atom. The number of aromatic nitrogens is 1. The third-order valence-corrected chi connectivity index (χ3v) is 1.61. The summed E-state index contributed by atoms with van der Waals surface area (Å²) < 4.78 is 12.9. The van der Waals surface area contributed by atoms with Crippen molar-refractivity contribution in [2.45, 2.75) is 40.3 Å². The second kappa shape index (κ2) is 6.58. The molecule has 0 aliphatic carbocycles. The van der Waals surface area contributed by atoms with Crippen LogP contribution in [0.25, 0.3) is 0 Å². The highest BCUT2D eigenvalue weighted by Gasteiger charge is 2.06. The molecule has 1 heterocycles. The van der Waals surface area contributed by atoms with Crippen molar-refractivity contribution in [3.05, 3.63) is 29.6 Å². The summed E-state index contributed by atoms with van der Waals surface area (Å²) in [5.74, 6) is 0. The van der Waals surface area contributed by atoms with Gasteiger partial charge in [-0.1, -0.05) is 26.8 Å². The summed E-state index contributed by atoms with van der Waals surface area (Å²) in [6, 6.07) is 3.62. The Balaban J connectivity index is 0.000000671. The Hall–Kier alpha value is -0.920. The van der Waals surface area contributed by atoms with Gasteiger partial charge in [0.2, 0.25) is 0 Å². The van der Waals surface area contributed by atoms with Gasteiger partial charge in [0.1, 0.15) is 6.17 Å². The van der Waals surface area contributed by atoms with E-state index in [1.165, 1.54) is 0 Å². The molecular formula is C11H18FN. The van der Waals surface area contributed by atoms with Crippen LogP contribution in [0.1, 0.15) is 44.6 Å². The minimum Gasteiger partial charge on any atom is -0.258 e. The Morgan fingerprint density at radius 2 is 2.00 bits per heavy atom. The molecule has 0 amide bonds. The van der Waals surface area contributed by atoms with Crippen LogP contribution in [-0.4, -0.2) is 4.98 Å². The molecule has 0 aliphatic heterocycles. The summed E-state index contributed by atoms with van der Waals surface area (Å²) in [5, 5.41) is 0. The zero-order valence-corrected chi connectivity index (χ0v) is 8.84. The zero-order valence-electron chi connectivity index (χ0n) is 8.84. The Kier molecular flexibility index (Phi) is 6.11. The standard InChI is InChI=1S/C9H12FN.C2H6/c1-3-8(10)9-5-4-7(2)6-11-9;1-2/h4-6,8H,3H2,1-2H3;1-2H3. The number of pyridine rings is 1. The summed E-state index contributed by atoms with van der Waals surface area (Å²) >= 11 is 0. The molecule has 1 aromatic rings. The highest BCUT2D eigenvalue weighted by molar-refractivity contribution is 5.13. The lowest BCUT2D eigenvalue weighted by molar-refractivity contribution is 0.327. The third-order valence-electron chi connectivity index (χ3n) is 1.61. The van der Waals surface area contributed by atoms with Gasteiger partial charge in [0, 0.05) is 6.20 Å². The van der Waals surface area contributed by atoms with Gasteiger partial charge >= 0.3 is 0 Å². The van der Waals surface area contributed by atoms with Gasteiger partial charge in [-0.25, -0.2) is 4.39 Å². The van der Waals surface area contributed by atoms with Gasteiger partial charge in [-0.3, -0.25) is 4.98 Å². The zero-order chi connectivity index (χ0) is 10.3. The highest BCUT2D eigenvalue weighted by Crippen LogP contribution is 2.17. The van der Waals surface area contributed by atoms with E-state index in [0.717, 1.165) is 5.56 Å². The van der Waals surface area contributed by atoms with Crippen molar-refractivity contribution in [2.24, 2.45) is 0 Å². The van der Waals surface area contributed by atoms with E-state index in [2.05, 4.69) is 4.98 Å². The molecule has 0 bridgehead atoms. The smallest absolute Gasteiger partial charge is 0.142 e. The molecule has 1 atom stereocenters. The first-order chi connectivity index (χ1) is 6.24. The Morgan fingerprint density at radius 1 is 1.38 bits per heavy atom. The predicted octanol–water partition coefficient (Wildman–Crippen LogP) is 3.84. The lowest BCUT2D eigenvalue weighted by Crippen LogP contribution is -1.93. The molecule has 0 saturated heterocycles. The molecule has 13 heavy (non-hydrogen) atoms. The fourth-order valence-electron chi connectivity index (χ4n) is 0.874. The molecule has 1 rings (SSSR count). The quantitative estimate of drug-likeness (QED) is 0.679. The fourth-order valence-corrected chi connectivity index (χ4v) is 0.874. The number of nitrogens with zero attached hydrogens (tertiary/aromatic N) is 1. The van der Waals surface area contributed by atoms with E-state index in [4.69, 9.17) is 0 Å². The van der Waals surface area contributed by atoms with Crippen LogP contribution in [0, 0.1) is 6.92 Å². The number of alkyl halides is 1. The van der Waals surface area contributed by atoms with Crippen LogP contribution in [-0.2, 0) is 0 Å². The van der Waals surface area contributed by atoms with E-state index in [1.807, 2.05) is 33.8 Å². The number of hydrogen-bond acceptors (Lipinski definition) is 1. The molecule has 1 nitrogen and oxygen atoms in total. The minimum atomic E-state index is -0.907. The largest absolute Gasteiger partial charge is 0.258 e. The van der Waals surface area contributed by atoms with Crippen LogP contribution >= 0.6 is 0 Å². The first-order valence-electron chi connectivity index (χ1n) is 4.80. The van der Waals surface area contributed by atoms with Crippen molar-refractivity contribution < 1.29 is 4.39 Å². The van der Waals surface area contributed by atoms with Crippen LogP contribution in [0.2, 0.25) is 0 Å². The maximum absolute atomic E-state index is 12.9. The summed E-state index contributed by atoms with van der Waals surface area (Å²) in [5.41, 5.74) is 1.61. The maximum atomic E-state index is 12.9. The van der Waals surface area contributed by atoms with E-state index in [1.54, 1.807) is 12.3 Å². The van der Waals surface area contributed by atoms with Crippen LogP contribution in [0.4, 0.5) is 4.39 Å². The Labute approximate surface area is 80.0 Å². The number of halogens is 1. The molecule has 0 spiro atoms. The van der Waals surface area contributed by atoms with Crippen molar-refractivity contribution >= 4 is 0 Å². The van der Waals surface area contributed by atoms with E-state index in [9.17, 15) is 4.39 Å². The molecule has 0 saturated carbocycles. The van der Waals surface area contributed by atoms with Crippen molar-refractivity contribution in [2.75, 3.05) is 0 Å². The van der Waals surface area contributed by atoms with Crippen LogP contribution < -0.4 is 0 Å². The van der Waals surface area contributed by atoms with E-state index < -0.39 is 6.17 Å². The molecule has 0 aliphatic rings. The van der Waals surface area contributed by atoms with Gasteiger partial charge in [-0.2, -0.15) is 0 Å². The van der Waals surface area contributed by atoms with Crippen LogP contribution in [0.3, 0.4) is 0 Å². The monoisotopic (exact) mass is 183 g/mol. The third kappa shape index (κ3) is 4.02. The second-order valence-electron chi connectivity index (χ2n) is 2.64. The fraction of sp³-hybridized carbons (Fsp3) is 0.545. The van der Waals surface area contributed by atoms with Crippen molar-refractivity contribution in [1.82, 2.24) is 4.98 Å². The normalized spacial score (nSPS) is 11.5. The second-order valence-corrected chi connectivity index (χ2v) is 2.64. The molecular weight excluding hydrogens is 165 g/mol. The maximum Gasteiger partial charge on any atom is 0.142 e. The minimum absolute atomic E-state index is 0.496. The molecule has 2 heteroatoms. The van der Waals surface area contributed by atoms with E-state index >= 15 is 0 Å². The SMILES string of the molecule is CC.CCC(F)c1ccc(C)cn1. The summed E-state index contributed by atoms with van der Waals surface area (Å²) in [6.45, 7) is 7.75. The molecule has 1 unspecified atom stereocenters. The number of rotatable bonds is 2. The first-order valence-corrected chi connectivity index (χ1v) is 4.80. The molecule has 0 radical (unpaired) electrons. The lowest BCUT2D eigenvalue weighted by atomic mass is 10.2. The van der Waals surface area contributed by atoms with Gasteiger partial charge in [0.05, 0.1) is 5.69 Å². The van der Waals surface area contributed by atoms with Crippen molar-refractivity contribution in [1.29, 1.82) is 0 Å². The highest BCUT2D eigenvalue weighted by atomic mass is 19.1. The van der Waals surface area contributed by atoms with Gasteiger partial charge in [-0.05, 0) is 25.0 Å². The molecule has 1 aromatic heterocycles. The average molecular weight is 183 g/mol. The van der Waals surface area contributed by atoms with Gasteiger partial charge in [-0.15, -0.1) is 0 Å². The molecule has 74 valence electrons. The Bertz CT molecular complexity index is 218. The molecule has 0 N–H and O–H groups in total. The van der Waals surface area contributed by atoms with Crippen molar-refractivity contribution in [3.63, 3.8) is 0 Å². The van der Waals surface area contributed by atoms with E-state index in [0.29, 0.717) is 12.1 Å². The van der Waals surface area contributed by atoms with Gasteiger partial charge in [0.25, 0.3) is 0 Å². The lowest BCUT2D eigenvalue weighted by Gasteiger charge is -2.03. The van der Waals surface area contributed by atoms with Gasteiger partial charge < -0.3 is 0 Å². The van der Waals surface area contributed by atoms with E-state index in [-0.39, 0.29) is 0 Å². The number of hydrogen-bond donors (Lipinski definition) is 0. The molecule has 0 aromatic carbocycles. The van der Waals surface area contributed by atoms with Crippen molar-refractivity contribution in [3.8, 4) is 0 Å². The van der Waals surface area contributed by atoms with Gasteiger partial charge in [0.15, 0.2) is 0 Å². The molecule has 0 fully saturated rings.